The molecule has 2 N–H and O–H groups in total. The molecule has 0 bridgehead atoms. The lowest BCUT2D eigenvalue weighted by molar-refractivity contribution is 0.446. The molecule has 0 amide bonds. The van der Waals surface area contributed by atoms with Crippen molar-refractivity contribution in [3.8, 4) is 11.5 Å². The second kappa shape index (κ2) is 7.17. The van der Waals surface area contributed by atoms with Crippen molar-refractivity contribution in [2.45, 2.75) is 6.42 Å². The van der Waals surface area contributed by atoms with Crippen LogP contribution < -0.4 is 10.5 Å². The molecule has 0 fully saturated rings. The minimum Gasteiger partial charge on any atom is -0.454 e. The van der Waals surface area contributed by atoms with Crippen molar-refractivity contribution in [3.05, 3.63) is 83.2 Å². The van der Waals surface area contributed by atoms with Crippen LogP contribution in [-0.4, -0.2) is 15.0 Å². The number of benzene rings is 2. The van der Waals surface area contributed by atoms with E-state index in [0.717, 1.165) is 16.3 Å². The fourth-order valence-corrected chi connectivity index (χ4v) is 3.03. The first kappa shape index (κ1) is 17.2. The van der Waals surface area contributed by atoms with Crippen LogP contribution in [0.5, 0.6) is 11.5 Å². The number of hydrogen-bond acceptors (Lipinski definition) is 5. The minimum absolute atomic E-state index is 0.0865. The number of aromatic nitrogens is 3. The number of ether oxygens (including phenoxy) is 1. The number of anilines is 1. The number of nitrogens with two attached hydrogens (primary N) is 1. The molecule has 5 nitrogen and oxygen atoms in total. The molecule has 134 valence electrons. The van der Waals surface area contributed by atoms with Crippen LogP contribution in [0, 0.1) is 5.82 Å². The van der Waals surface area contributed by atoms with E-state index in [2.05, 4.69) is 15.0 Å². The second-order valence-corrected chi connectivity index (χ2v) is 6.32. The van der Waals surface area contributed by atoms with Crippen molar-refractivity contribution in [1.29, 1.82) is 0 Å². The van der Waals surface area contributed by atoms with Crippen molar-refractivity contribution in [1.82, 2.24) is 15.0 Å². The molecule has 0 aliphatic heterocycles. The van der Waals surface area contributed by atoms with Crippen LogP contribution in [-0.2, 0) is 6.42 Å². The average Bonchev–Trinajstić information content (AvgIpc) is 2.63. The molecule has 0 atom stereocenters. The second-order valence-electron chi connectivity index (χ2n) is 5.94. The van der Waals surface area contributed by atoms with E-state index < -0.39 is 5.82 Å². The lowest BCUT2D eigenvalue weighted by Gasteiger charge is -2.11. The lowest BCUT2D eigenvalue weighted by atomic mass is 10.1. The Kier molecular flexibility index (Phi) is 4.56. The van der Waals surface area contributed by atoms with Gasteiger partial charge in [0.15, 0.2) is 11.6 Å². The molecule has 0 aliphatic rings. The van der Waals surface area contributed by atoms with Gasteiger partial charge in [-0.2, -0.15) is 0 Å². The Labute approximate surface area is 159 Å². The van der Waals surface area contributed by atoms with Crippen LogP contribution in [0.25, 0.3) is 10.8 Å². The van der Waals surface area contributed by atoms with Crippen molar-refractivity contribution >= 4 is 28.3 Å². The molecule has 27 heavy (non-hydrogen) atoms. The Morgan fingerprint density at radius 2 is 1.93 bits per heavy atom. The highest BCUT2D eigenvalue weighted by Crippen LogP contribution is 2.31. The molecule has 0 saturated heterocycles. The number of pyridine rings is 1. The van der Waals surface area contributed by atoms with Gasteiger partial charge in [-0.15, -0.1) is 0 Å². The molecular weight excluding hydrogens is 367 g/mol. The summed E-state index contributed by atoms with van der Waals surface area (Å²) >= 11 is 5.88. The van der Waals surface area contributed by atoms with Gasteiger partial charge in [0.2, 0.25) is 5.95 Å². The van der Waals surface area contributed by atoms with Gasteiger partial charge < -0.3 is 10.5 Å². The van der Waals surface area contributed by atoms with Crippen LogP contribution in [0.4, 0.5) is 10.3 Å². The van der Waals surface area contributed by atoms with Crippen LogP contribution in [0.15, 0.2) is 60.9 Å². The summed E-state index contributed by atoms with van der Waals surface area (Å²) in [5.74, 6) is 0.329. The van der Waals surface area contributed by atoms with Gasteiger partial charge in [0.1, 0.15) is 10.9 Å². The molecule has 2 aromatic heterocycles. The molecule has 0 saturated carbocycles. The summed E-state index contributed by atoms with van der Waals surface area (Å²) in [4.78, 5) is 12.0. The molecule has 0 radical (unpaired) electrons. The Balaban J connectivity index is 1.60. The molecule has 2 heterocycles. The normalized spacial score (nSPS) is 10.9. The SMILES string of the molecule is Nc1nc(Cl)cc(Cc2ccc(Oc3cccc4cnccc34)c(F)c2)n1. The highest BCUT2D eigenvalue weighted by atomic mass is 35.5. The molecule has 0 aliphatic carbocycles. The Morgan fingerprint density at radius 3 is 2.74 bits per heavy atom. The van der Waals surface area contributed by atoms with Crippen LogP contribution in [0.3, 0.4) is 0 Å². The summed E-state index contributed by atoms with van der Waals surface area (Å²) in [6, 6.07) is 13.8. The summed E-state index contributed by atoms with van der Waals surface area (Å²) in [7, 11) is 0. The zero-order chi connectivity index (χ0) is 18.8. The number of halogens is 2. The van der Waals surface area contributed by atoms with Gasteiger partial charge in [-0.1, -0.05) is 29.8 Å². The molecule has 2 aromatic carbocycles. The first-order valence-electron chi connectivity index (χ1n) is 8.16. The van der Waals surface area contributed by atoms with Crippen LogP contribution in [0.2, 0.25) is 5.15 Å². The third-order valence-electron chi connectivity index (χ3n) is 4.01. The van der Waals surface area contributed by atoms with E-state index in [-0.39, 0.29) is 16.9 Å². The number of nitrogen functional groups attached to an aromatic ring is 1. The maximum absolute atomic E-state index is 14.6. The number of nitrogens with zero attached hydrogens (tertiary/aromatic N) is 3. The van der Waals surface area contributed by atoms with Crippen molar-refractivity contribution in [2.75, 3.05) is 5.73 Å². The van der Waals surface area contributed by atoms with Crippen LogP contribution >= 0.6 is 11.6 Å². The first-order valence-corrected chi connectivity index (χ1v) is 8.54. The summed E-state index contributed by atoms with van der Waals surface area (Å²) in [6.45, 7) is 0. The number of hydrogen-bond donors (Lipinski definition) is 1. The van der Waals surface area contributed by atoms with Gasteiger partial charge in [-0.25, -0.2) is 14.4 Å². The van der Waals surface area contributed by atoms with E-state index in [9.17, 15) is 4.39 Å². The van der Waals surface area contributed by atoms with Crippen LogP contribution in [0.1, 0.15) is 11.3 Å². The van der Waals surface area contributed by atoms with Gasteiger partial charge in [0.05, 0.1) is 5.69 Å². The smallest absolute Gasteiger partial charge is 0.221 e. The summed E-state index contributed by atoms with van der Waals surface area (Å²) in [6.07, 6.45) is 3.79. The van der Waals surface area contributed by atoms with E-state index in [1.165, 1.54) is 6.07 Å². The van der Waals surface area contributed by atoms with E-state index in [0.29, 0.717) is 17.9 Å². The van der Waals surface area contributed by atoms with Gasteiger partial charge in [-0.3, -0.25) is 4.98 Å². The molecular formula is C20H14ClFN4O. The average molecular weight is 381 g/mol. The van der Waals surface area contributed by atoms with E-state index in [4.69, 9.17) is 22.1 Å². The fraction of sp³-hybridized carbons (Fsp3) is 0.0500. The third-order valence-corrected chi connectivity index (χ3v) is 4.20. The maximum Gasteiger partial charge on any atom is 0.221 e. The fourth-order valence-electron chi connectivity index (χ4n) is 2.82. The standard InChI is InChI=1S/C20H14ClFN4O/c21-19-10-14(25-20(23)26-19)8-12-4-5-18(16(22)9-12)27-17-3-1-2-13-11-24-7-6-15(13)17/h1-7,9-11H,8H2,(H2,23,25,26). The van der Waals surface area contributed by atoms with Gasteiger partial charge in [0, 0.05) is 29.6 Å². The van der Waals surface area contributed by atoms with Gasteiger partial charge in [0.25, 0.3) is 0 Å². The topological polar surface area (TPSA) is 73.9 Å². The third kappa shape index (κ3) is 3.80. The molecule has 0 spiro atoms. The van der Waals surface area contributed by atoms with E-state index in [1.807, 2.05) is 18.2 Å². The number of fused-ring (bicyclic) bond motifs is 1. The van der Waals surface area contributed by atoms with E-state index in [1.54, 1.807) is 36.7 Å². The quantitative estimate of drug-likeness (QED) is 0.515. The van der Waals surface area contributed by atoms with Crippen molar-refractivity contribution in [3.63, 3.8) is 0 Å². The molecule has 7 heteroatoms. The van der Waals surface area contributed by atoms with Gasteiger partial charge in [-0.05, 0) is 35.9 Å². The summed E-state index contributed by atoms with van der Waals surface area (Å²) in [5.41, 5.74) is 6.92. The van der Waals surface area contributed by atoms with Gasteiger partial charge >= 0.3 is 0 Å². The lowest BCUT2D eigenvalue weighted by Crippen LogP contribution is -2.00. The number of rotatable bonds is 4. The summed E-state index contributed by atoms with van der Waals surface area (Å²) in [5, 5.41) is 2.04. The highest BCUT2D eigenvalue weighted by molar-refractivity contribution is 6.29. The van der Waals surface area contributed by atoms with Crippen molar-refractivity contribution < 1.29 is 9.13 Å². The highest BCUT2D eigenvalue weighted by Gasteiger charge is 2.10. The Morgan fingerprint density at radius 1 is 1.04 bits per heavy atom. The summed E-state index contributed by atoms with van der Waals surface area (Å²) < 4.78 is 20.4. The van der Waals surface area contributed by atoms with E-state index >= 15 is 0 Å². The minimum atomic E-state index is -0.466. The predicted molar refractivity (Wildman–Crippen MR) is 102 cm³/mol. The molecule has 0 unspecified atom stereocenters. The Hall–Kier alpha value is -3.25. The van der Waals surface area contributed by atoms with Crippen molar-refractivity contribution in [2.24, 2.45) is 0 Å². The molecule has 4 aromatic rings. The largest absolute Gasteiger partial charge is 0.454 e. The maximum atomic E-state index is 14.6. The Bertz CT molecular complexity index is 1110. The zero-order valence-electron chi connectivity index (χ0n) is 14.1. The first-order chi connectivity index (χ1) is 13.1. The predicted octanol–water partition coefficient (Wildman–Crippen LogP) is 4.78. The monoisotopic (exact) mass is 380 g/mol. The zero-order valence-corrected chi connectivity index (χ0v) is 14.8. The molecule has 4 rings (SSSR count).